The summed E-state index contributed by atoms with van der Waals surface area (Å²) in [6.45, 7) is 3.76. The van der Waals surface area contributed by atoms with Gasteiger partial charge in [0.2, 0.25) is 0 Å². The second kappa shape index (κ2) is 9.46. The highest BCUT2D eigenvalue weighted by Gasteiger charge is 2.35. The highest BCUT2D eigenvalue weighted by atomic mass is 35.5. The third-order valence-electron chi connectivity index (χ3n) is 5.34. The molecule has 11 heteroatoms. The van der Waals surface area contributed by atoms with Crippen molar-refractivity contribution in [3.63, 3.8) is 0 Å². The SMILES string of the molecule is Cc1cc(/C=C2\SC(=O)N(Cc3ccc(Cl)c(Cl)c3)C2=O)c(C)n1-c1ccc(Cl)c([N+](=O)[O-])c1. The Bertz CT molecular complexity index is 1400. The summed E-state index contributed by atoms with van der Waals surface area (Å²) in [5.41, 5.74) is 3.33. The number of halogens is 3. The van der Waals surface area contributed by atoms with Crippen LogP contribution < -0.4 is 0 Å². The van der Waals surface area contributed by atoms with Crippen molar-refractivity contribution >= 4 is 69.5 Å². The highest BCUT2D eigenvalue weighted by molar-refractivity contribution is 8.18. The maximum atomic E-state index is 13.0. The van der Waals surface area contributed by atoms with Gasteiger partial charge in [-0.05, 0) is 73.1 Å². The molecule has 0 saturated carbocycles. The van der Waals surface area contributed by atoms with E-state index in [0.29, 0.717) is 21.3 Å². The van der Waals surface area contributed by atoms with Crippen molar-refractivity contribution in [2.45, 2.75) is 20.4 Å². The number of amides is 2. The van der Waals surface area contributed by atoms with Gasteiger partial charge in [0.05, 0.1) is 32.1 Å². The molecule has 0 atom stereocenters. The summed E-state index contributed by atoms with van der Waals surface area (Å²) in [6.07, 6.45) is 1.66. The molecule has 1 aromatic heterocycles. The third kappa shape index (κ3) is 4.59. The van der Waals surface area contributed by atoms with Crippen molar-refractivity contribution < 1.29 is 14.5 Å². The maximum Gasteiger partial charge on any atom is 0.293 e. The number of thioether (sulfide) groups is 1. The Morgan fingerprint density at radius 2 is 1.71 bits per heavy atom. The lowest BCUT2D eigenvalue weighted by molar-refractivity contribution is -0.384. The third-order valence-corrected chi connectivity index (χ3v) is 7.31. The van der Waals surface area contributed by atoms with Gasteiger partial charge in [-0.15, -0.1) is 0 Å². The van der Waals surface area contributed by atoms with E-state index in [0.717, 1.165) is 33.6 Å². The van der Waals surface area contributed by atoms with E-state index in [1.807, 2.05) is 24.5 Å². The summed E-state index contributed by atoms with van der Waals surface area (Å²) >= 11 is 18.8. The molecule has 2 aromatic carbocycles. The first kappa shape index (κ1) is 24.3. The zero-order valence-electron chi connectivity index (χ0n) is 17.8. The Kier molecular flexibility index (Phi) is 6.78. The van der Waals surface area contributed by atoms with Gasteiger partial charge in [-0.2, -0.15) is 0 Å². The van der Waals surface area contributed by atoms with Crippen LogP contribution in [0.15, 0.2) is 47.4 Å². The minimum atomic E-state index is -0.537. The summed E-state index contributed by atoms with van der Waals surface area (Å²) < 4.78 is 1.83. The molecule has 1 aliphatic heterocycles. The van der Waals surface area contributed by atoms with Crippen LogP contribution in [0.2, 0.25) is 15.1 Å². The molecule has 1 fully saturated rings. The Balaban J connectivity index is 1.64. The van der Waals surface area contributed by atoms with E-state index >= 15 is 0 Å². The minimum Gasteiger partial charge on any atom is -0.318 e. The molecule has 7 nitrogen and oxygen atoms in total. The van der Waals surface area contributed by atoms with E-state index in [-0.39, 0.29) is 27.4 Å². The number of nitro benzene ring substituents is 1. The number of carbonyl (C=O) groups excluding carboxylic acids is 2. The van der Waals surface area contributed by atoms with Crippen LogP contribution in [-0.2, 0) is 11.3 Å². The van der Waals surface area contributed by atoms with Gasteiger partial charge in [-0.1, -0.05) is 40.9 Å². The van der Waals surface area contributed by atoms with Gasteiger partial charge in [0.1, 0.15) is 5.02 Å². The lowest BCUT2D eigenvalue weighted by atomic mass is 10.2. The highest BCUT2D eigenvalue weighted by Crippen LogP contribution is 2.36. The van der Waals surface area contributed by atoms with Crippen molar-refractivity contribution in [3.05, 3.63) is 95.1 Å². The number of nitro groups is 1. The first-order chi connectivity index (χ1) is 16.1. The first-order valence-corrected chi connectivity index (χ1v) is 11.8. The van der Waals surface area contributed by atoms with E-state index in [2.05, 4.69) is 0 Å². The zero-order valence-corrected chi connectivity index (χ0v) is 20.9. The lowest BCUT2D eigenvalue weighted by Gasteiger charge is -2.13. The molecule has 3 aromatic rings. The molecule has 174 valence electrons. The molecule has 2 heterocycles. The number of aromatic nitrogens is 1. The fourth-order valence-corrected chi connectivity index (χ4v) is 5.05. The summed E-state index contributed by atoms with van der Waals surface area (Å²) in [4.78, 5) is 37.7. The molecule has 34 heavy (non-hydrogen) atoms. The Hall–Kier alpha value is -2.78. The number of hydrogen-bond donors (Lipinski definition) is 0. The van der Waals surface area contributed by atoms with Crippen LogP contribution in [0.1, 0.15) is 22.5 Å². The Morgan fingerprint density at radius 3 is 2.38 bits per heavy atom. The molecule has 0 spiro atoms. The van der Waals surface area contributed by atoms with Crippen molar-refractivity contribution in [2.24, 2.45) is 0 Å². The average molecular weight is 537 g/mol. The van der Waals surface area contributed by atoms with E-state index in [1.54, 1.807) is 30.3 Å². The molecule has 0 N–H and O–H groups in total. The minimum absolute atomic E-state index is 0.0482. The summed E-state index contributed by atoms with van der Waals surface area (Å²) in [7, 11) is 0. The molecule has 0 unspecified atom stereocenters. The maximum absolute atomic E-state index is 13.0. The van der Waals surface area contributed by atoms with Crippen LogP contribution in [0.3, 0.4) is 0 Å². The summed E-state index contributed by atoms with van der Waals surface area (Å²) in [5.74, 6) is -0.409. The monoisotopic (exact) mass is 535 g/mol. The van der Waals surface area contributed by atoms with Gasteiger partial charge in [0, 0.05) is 17.5 Å². The predicted octanol–water partition coefficient (Wildman–Crippen LogP) is 7.20. The molecule has 0 bridgehead atoms. The molecular weight excluding hydrogens is 521 g/mol. The number of aryl methyl sites for hydroxylation is 1. The number of benzene rings is 2. The van der Waals surface area contributed by atoms with E-state index in [4.69, 9.17) is 34.8 Å². The average Bonchev–Trinajstić information content (AvgIpc) is 3.20. The van der Waals surface area contributed by atoms with Gasteiger partial charge in [0.15, 0.2) is 0 Å². The number of carbonyl (C=O) groups is 2. The fraction of sp³-hybridized carbons (Fsp3) is 0.130. The first-order valence-electron chi connectivity index (χ1n) is 9.89. The van der Waals surface area contributed by atoms with Gasteiger partial charge >= 0.3 is 0 Å². The molecule has 0 radical (unpaired) electrons. The van der Waals surface area contributed by atoms with E-state index in [1.165, 1.54) is 12.1 Å². The fourth-order valence-electron chi connectivity index (χ4n) is 3.71. The van der Waals surface area contributed by atoms with Crippen LogP contribution in [-0.4, -0.2) is 25.5 Å². The number of imide groups is 1. The number of nitrogens with zero attached hydrogens (tertiary/aromatic N) is 3. The quantitative estimate of drug-likeness (QED) is 0.195. The topological polar surface area (TPSA) is 85.5 Å². The van der Waals surface area contributed by atoms with Crippen LogP contribution in [0.5, 0.6) is 0 Å². The largest absolute Gasteiger partial charge is 0.318 e. The second-order valence-corrected chi connectivity index (χ2v) is 9.79. The molecular formula is C23H16Cl3N3O4S. The summed E-state index contributed by atoms with van der Waals surface area (Å²) in [6, 6.07) is 11.4. The van der Waals surface area contributed by atoms with Crippen molar-refractivity contribution in [1.29, 1.82) is 0 Å². The van der Waals surface area contributed by atoms with Crippen molar-refractivity contribution in [3.8, 4) is 5.69 Å². The van der Waals surface area contributed by atoms with E-state index in [9.17, 15) is 19.7 Å². The van der Waals surface area contributed by atoms with Crippen LogP contribution in [0, 0.1) is 24.0 Å². The van der Waals surface area contributed by atoms with Gasteiger partial charge in [0.25, 0.3) is 16.8 Å². The van der Waals surface area contributed by atoms with Crippen molar-refractivity contribution in [1.82, 2.24) is 9.47 Å². The van der Waals surface area contributed by atoms with Crippen LogP contribution >= 0.6 is 46.6 Å². The normalized spacial score (nSPS) is 15.0. The predicted molar refractivity (Wildman–Crippen MR) is 135 cm³/mol. The van der Waals surface area contributed by atoms with Crippen LogP contribution in [0.25, 0.3) is 11.8 Å². The number of hydrogen-bond acceptors (Lipinski definition) is 5. The molecule has 2 amide bonds. The zero-order chi connectivity index (χ0) is 24.7. The molecule has 1 aliphatic rings. The van der Waals surface area contributed by atoms with Crippen LogP contribution in [0.4, 0.5) is 10.5 Å². The number of rotatable bonds is 5. The summed E-state index contributed by atoms with van der Waals surface area (Å²) in [5, 5.41) is 11.7. The lowest BCUT2D eigenvalue weighted by Crippen LogP contribution is -2.27. The van der Waals surface area contributed by atoms with Crippen molar-refractivity contribution in [2.75, 3.05) is 0 Å². The second-order valence-electron chi connectivity index (χ2n) is 7.57. The van der Waals surface area contributed by atoms with Gasteiger partial charge < -0.3 is 4.57 Å². The van der Waals surface area contributed by atoms with Gasteiger partial charge in [-0.3, -0.25) is 24.6 Å². The Labute approximate surface area is 214 Å². The molecule has 1 saturated heterocycles. The van der Waals surface area contributed by atoms with Gasteiger partial charge in [-0.25, -0.2) is 0 Å². The smallest absolute Gasteiger partial charge is 0.293 e. The molecule has 0 aliphatic carbocycles. The Morgan fingerprint density at radius 1 is 1.00 bits per heavy atom. The molecule has 4 rings (SSSR count). The van der Waals surface area contributed by atoms with E-state index < -0.39 is 10.8 Å². The standard InChI is InChI=1S/C23H16Cl3N3O4S/c1-12-7-15(13(2)28(12)16-4-6-18(25)20(10-16)29(32)33)9-21-22(30)27(23(31)34-21)11-14-3-5-17(24)19(26)8-14/h3-10H,11H2,1-2H3/b21-9-.